The zero-order valence-corrected chi connectivity index (χ0v) is 13.4. The third-order valence-corrected chi connectivity index (χ3v) is 4.13. The van der Waals surface area contributed by atoms with Gasteiger partial charge >= 0.3 is 5.97 Å². The molecule has 0 aliphatic carbocycles. The molecule has 0 saturated heterocycles. The summed E-state index contributed by atoms with van der Waals surface area (Å²) in [4.78, 5) is 23.2. The molecule has 116 valence electrons. The van der Waals surface area contributed by atoms with Gasteiger partial charge in [-0.1, -0.05) is 17.7 Å². The minimum atomic E-state index is -1.01. The van der Waals surface area contributed by atoms with Crippen molar-refractivity contribution in [3.8, 4) is 0 Å². The van der Waals surface area contributed by atoms with Gasteiger partial charge in [-0.3, -0.25) is 9.59 Å². The van der Waals surface area contributed by atoms with Crippen molar-refractivity contribution in [3.63, 3.8) is 0 Å². The van der Waals surface area contributed by atoms with Crippen LogP contribution in [0.3, 0.4) is 0 Å². The van der Waals surface area contributed by atoms with Gasteiger partial charge in [-0.05, 0) is 45.9 Å². The number of carbonyl (C=O) groups is 2. The first-order chi connectivity index (χ1) is 9.56. The van der Waals surface area contributed by atoms with E-state index >= 15 is 0 Å². The van der Waals surface area contributed by atoms with E-state index in [-0.39, 0.29) is 12.5 Å². The lowest BCUT2D eigenvalue weighted by Crippen LogP contribution is -2.56. The van der Waals surface area contributed by atoms with Gasteiger partial charge < -0.3 is 15.7 Å². The Morgan fingerprint density at radius 2 is 1.86 bits per heavy atom. The molecular formula is C15H21ClN2O3. The standard InChI is InChI=1S/C15H21ClN2O3/c1-14(2,13(20)21)15(3,4)17-9-12(19)18-11-7-5-6-10(16)8-11/h5-8,17H,9H2,1-4H3,(H,18,19)(H,20,21). The molecule has 0 atom stereocenters. The number of anilines is 1. The van der Waals surface area contributed by atoms with E-state index in [4.69, 9.17) is 11.6 Å². The largest absolute Gasteiger partial charge is 0.481 e. The van der Waals surface area contributed by atoms with Crippen molar-refractivity contribution in [1.82, 2.24) is 5.32 Å². The average molecular weight is 313 g/mol. The lowest BCUT2D eigenvalue weighted by atomic mass is 9.74. The molecule has 0 spiro atoms. The van der Waals surface area contributed by atoms with Crippen molar-refractivity contribution >= 4 is 29.2 Å². The number of hydrogen-bond donors (Lipinski definition) is 3. The summed E-state index contributed by atoms with van der Waals surface area (Å²) in [6.07, 6.45) is 0. The fourth-order valence-corrected chi connectivity index (χ4v) is 1.75. The summed E-state index contributed by atoms with van der Waals surface area (Å²) in [5.41, 5.74) is -1.15. The fraction of sp³-hybridized carbons (Fsp3) is 0.467. The predicted molar refractivity (Wildman–Crippen MR) is 83.6 cm³/mol. The number of benzene rings is 1. The molecule has 1 amide bonds. The van der Waals surface area contributed by atoms with E-state index in [1.165, 1.54) is 0 Å². The third kappa shape index (κ3) is 4.44. The molecule has 0 radical (unpaired) electrons. The Balaban J connectivity index is 2.62. The Labute approximate surface area is 129 Å². The van der Waals surface area contributed by atoms with Crippen molar-refractivity contribution in [3.05, 3.63) is 29.3 Å². The molecule has 3 N–H and O–H groups in total. The molecule has 0 unspecified atom stereocenters. The summed E-state index contributed by atoms with van der Waals surface area (Å²) in [5, 5.41) is 15.5. The molecule has 0 aliphatic rings. The smallest absolute Gasteiger partial charge is 0.310 e. The van der Waals surface area contributed by atoms with Gasteiger partial charge in [-0.25, -0.2) is 0 Å². The third-order valence-electron chi connectivity index (χ3n) is 3.90. The van der Waals surface area contributed by atoms with Crippen LogP contribution in [-0.4, -0.2) is 29.1 Å². The lowest BCUT2D eigenvalue weighted by Gasteiger charge is -2.38. The van der Waals surface area contributed by atoms with Gasteiger partial charge in [0.1, 0.15) is 0 Å². The molecule has 0 aliphatic heterocycles. The maximum atomic E-state index is 11.9. The zero-order chi connectivity index (χ0) is 16.3. The summed E-state index contributed by atoms with van der Waals surface area (Å²) in [6, 6.07) is 6.83. The number of carbonyl (C=O) groups excluding carboxylic acids is 1. The van der Waals surface area contributed by atoms with Crippen LogP contribution in [0.4, 0.5) is 5.69 Å². The molecule has 0 heterocycles. The topological polar surface area (TPSA) is 78.4 Å². The van der Waals surface area contributed by atoms with Crippen LogP contribution in [0.15, 0.2) is 24.3 Å². The van der Waals surface area contributed by atoms with Gasteiger partial charge in [-0.15, -0.1) is 0 Å². The number of carboxylic acid groups (broad SMARTS) is 1. The SMILES string of the molecule is CC(C)(NCC(=O)Nc1cccc(Cl)c1)C(C)(C)C(=O)O. The Morgan fingerprint density at radius 1 is 1.24 bits per heavy atom. The number of carboxylic acids is 1. The van der Waals surface area contributed by atoms with Crippen molar-refractivity contribution in [1.29, 1.82) is 0 Å². The highest BCUT2D eigenvalue weighted by molar-refractivity contribution is 6.30. The molecule has 5 nitrogen and oxygen atoms in total. The molecule has 6 heteroatoms. The summed E-state index contributed by atoms with van der Waals surface area (Å²) >= 11 is 5.84. The second-order valence-electron chi connectivity index (χ2n) is 5.97. The first-order valence-electron chi connectivity index (χ1n) is 6.60. The highest BCUT2D eigenvalue weighted by Gasteiger charge is 2.43. The van der Waals surface area contributed by atoms with Crippen molar-refractivity contribution in [2.75, 3.05) is 11.9 Å². The van der Waals surface area contributed by atoms with Crippen molar-refractivity contribution < 1.29 is 14.7 Å². The van der Waals surface area contributed by atoms with E-state index in [1.54, 1.807) is 52.0 Å². The number of rotatable bonds is 6. The zero-order valence-electron chi connectivity index (χ0n) is 12.7. The first-order valence-corrected chi connectivity index (χ1v) is 6.98. The van der Waals surface area contributed by atoms with Crippen molar-refractivity contribution in [2.24, 2.45) is 5.41 Å². The van der Waals surface area contributed by atoms with E-state index in [0.29, 0.717) is 10.7 Å². The predicted octanol–water partition coefficient (Wildman–Crippen LogP) is 2.76. The number of amides is 1. The maximum Gasteiger partial charge on any atom is 0.310 e. The fourth-order valence-electron chi connectivity index (χ4n) is 1.56. The van der Waals surface area contributed by atoms with Gasteiger partial charge in [-0.2, -0.15) is 0 Å². The maximum absolute atomic E-state index is 11.9. The molecule has 1 rings (SSSR count). The Morgan fingerprint density at radius 3 is 2.38 bits per heavy atom. The Hall–Kier alpha value is -1.59. The molecule has 21 heavy (non-hydrogen) atoms. The molecule has 1 aromatic rings. The van der Waals surface area contributed by atoms with Crippen LogP contribution >= 0.6 is 11.6 Å². The first kappa shape index (κ1) is 17.5. The van der Waals surface area contributed by atoms with Crippen LogP contribution in [0, 0.1) is 5.41 Å². The summed E-state index contributed by atoms with van der Waals surface area (Å²) in [5.74, 6) is -1.18. The van der Waals surface area contributed by atoms with Crippen LogP contribution in [0.1, 0.15) is 27.7 Å². The summed E-state index contributed by atoms with van der Waals surface area (Å²) in [7, 11) is 0. The summed E-state index contributed by atoms with van der Waals surface area (Å²) in [6.45, 7) is 6.77. The number of aliphatic carboxylic acids is 1. The van der Waals surface area contributed by atoms with E-state index in [1.807, 2.05) is 0 Å². The molecule has 0 aromatic heterocycles. The second-order valence-corrected chi connectivity index (χ2v) is 6.40. The average Bonchev–Trinajstić information content (AvgIpc) is 2.36. The van der Waals surface area contributed by atoms with Crippen molar-refractivity contribution in [2.45, 2.75) is 33.2 Å². The van der Waals surface area contributed by atoms with Crippen LogP contribution < -0.4 is 10.6 Å². The quantitative estimate of drug-likeness (QED) is 0.754. The van der Waals surface area contributed by atoms with Crippen LogP contribution in [0.5, 0.6) is 0 Å². The van der Waals surface area contributed by atoms with E-state index < -0.39 is 16.9 Å². The van der Waals surface area contributed by atoms with E-state index in [2.05, 4.69) is 10.6 Å². The highest BCUT2D eigenvalue weighted by Crippen LogP contribution is 2.30. The molecule has 0 saturated carbocycles. The Bertz CT molecular complexity index is 541. The van der Waals surface area contributed by atoms with E-state index in [0.717, 1.165) is 0 Å². The normalized spacial score (nSPS) is 12.0. The van der Waals surface area contributed by atoms with E-state index in [9.17, 15) is 14.7 Å². The van der Waals surface area contributed by atoms with Gasteiger partial charge in [0, 0.05) is 16.2 Å². The highest BCUT2D eigenvalue weighted by atomic mass is 35.5. The van der Waals surface area contributed by atoms with Crippen LogP contribution in [0.25, 0.3) is 0 Å². The van der Waals surface area contributed by atoms with Gasteiger partial charge in [0.05, 0.1) is 12.0 Å². The lowest BCUT2D eigenvalue weighted by molar-refractivity contribution is -0.151. The summed E-state index contributed by atoms with van der Waals surface area (Å²) < 4.78 is 0. The van der Waals surface area contributed by atoms with Gasteiger partial charge in [0.25, 0.3) is 0 Å². The van der Waals surface area contributed by atoms with Gasteiger partial charge in [0.15, 0.2) is 0 Å². The molecule has 0 fully saturated rings. The Kier molecular flexibility index (Phi) is 5.36. The molecular weight excluding hydrogens is 292 g/mol. The second kappa shape index (κ2) is 6.45. The number of halogens is 1. The monoisotopic (exact) mass is 312 g/mol. The molecule has 1 aromatic carbocycles. The molecule has 0 bridgehead atoms. The minimum Gasteiger partial charge on any atom is -0.481 e. The number of nitrogens with one attached hydrogen (secondary N) is 2. The minimum absolute atomic E-state index is 0.0101. The van der Waals surface area contributed by atoms with Crippen LogP contribution in [-0.2, 0) is 9.59 Å². The van der Waals surface area contributed by atoms with Gasteiger partial charge in [0.2, 0.25) is 5.91 Å². The van der Waals surface area contributed by atoms with Crippen LogP contribution in [0.2, 0.25) is 5.02 Å². The number of hydrogen-bond acceptors (Lipinski definition) is 3.